The average Bonchev–Trinajstić information content (AvgIpc) is 3.10. The number of benzene rings is 1. The van der Waals surface area contributed by atoms with Crippen molar-refractivity contribution in [2.75, 3.05) is 18.4 Å². The summed E-state index contributed by atoms with van der Waals surface area (Å²) in [5.74, 6) is 0.109. The first kappa shape index (κ1) is 18.2. The summed E-state index contributed by atoms with van der Waals surface area (Å²) in [6.45, 7) is 0.485. The number of anilines is 1. The lowest BCUT2D eigenvalue weighted by Crippen LogP contribution is -2.41. The van der Waals surface area contributed by atoms with Crippen molar-refractivity contribution in [2.45, 2.75) is 17.7 Å². The molecule has 0 unspecified atom stereocenters. The van der Waals surface area contributed by atoms with E-state index in [0.717, 1.165) is 0 Å². The monoisotopic (exact) mass is 402 g/mol. The zero-order valence-electron chi connectivity index (χ0n) is 13.1. The van der Waals surface area contributed by atoms with E-state index in [1.54, 1.807) is 12.3 Å². The third-order valence-electron chi connectivity index (χ3n) is 4.09. The van der Waals surface area contributed by atoms with Crippen molar-refractivity contribution in [2.24, 2.45) is 5.92 Å². The number of amides is 1. The third-order valence-corrected chi connectivity index (χ3v) is 6.71. The molecule has 0 atom stereocenters. The second-order valence-electron chi connectivity index (χ2n) is 5.71. The fraction of sp³-hybridized carbons (Fsp3) is 0.333. The fourth-order valence-electron chi connectivity index (χ4n) is 2.73. The molecule has 134 valence electrons. The number of rotatable bonds is 4. The molecule has 1 fully saturated rings. The number of hydrogen-bond acceptors (Lipinski definition) is 4. The van der Waals surface area contributed by atoms with Gasteiger partial charge >= 0.3 is 0 Å². The zero-order chi connectivity index (χ0) is 18.0. The van der Waals surface area contributed by atoms with Crippen LogP contribution in [0, 0.1) is 5.92 Å². The van der Waals surface area contributed by atoms with Crippen LogP contribution in [-0.4, -0.2) is 41.9 Å². The van der Waals surface area contributed by atoms with Gasteiger partial charge in [0.05, 0.1) is 11.2 Å². The number of nitrogens with one attached hydrogen (secondary N) is 2. The normalized spacial score (nSPS) is 16.7. The Hall–Kier alpha value is -1.61. The van der Waals surface area contributed by atoms with Crippen molar-refractivity contribution in [3.63, 3.8) is 0 Å². The smallest absolute Gasteiger partial charge is 0.244 e. The van der Waals surface area contributed by atoms with E-state index < -0.39 is 10.0 Å². The Morgan fingerprint density at radius 1 is 1.24 bits per heavy atom. The van der Waals surface area contributed by atoms with Gasteiger partial charge in [0.1, 0.15) is 10.7 Å². The van der Waals surface area contributed by atoms with Gasteiger partial charge in [-0.2, -0.15) is 9.40 Å². The molecule has 1 saturated heterocycles. The Bertz CT molecular complexity index is 863. The summed E-state index contributed by atoms with van der Waals surface area (Å²) in [6.07, 6.45) is 2.40. The highest BCUT2D eigenvalue weighted by Crippen LogP contribution is 2.30. The minimum absolute atomic E-state index is 0.0120. The molecule has 3 rings (SSSR count). The van der Waals surface area contributed by atoms with Crippen molar-refractivity contribution in [1.82, 2.24) is 14.5 Å². The van der Waals surface area contributed by atoms with Gasteiger partial charge in [-0.05, 0) is 31.0 Å². The summed E-state index contributed by atoms with van der Waals surface area (Å²) in [5, 5.41) is 9.58. The lowest BCUT2D eigenvalue weighted by atomic mass is 9.97. The van der Waals surface area contributed by atoms with E-state index in [2.05, 4.69) is 15.5 Å². The van der Waals surface area contributed by atoms with Gasteiger partial charge in [-0.15, -0.1) is 0 Å². The van der Waals surface area contributed by atoms with Crippen LogP contribution in [0.3, 0.4) is 0 Å². The third kappa shape index (κ3) is 3.98. The SMILES string of the molecule is O=C(Nc1ccn[nH]1)C1CCN(S(=O)(=O)c2cc(Cl)ccc2Cl)CC1. The van der Waals surface area contributed by atoms with Crippen LogP contribution in [0.2, 0.25) is 10.0 Å². The van der Waals surface area contributed by atoms with Gasteiger partial charge in [-0.3, -0.25) is 9.89 Å². The predicted molar refractivity (Wildman–Crippen MR) is 95.2 cm³/mol. The van der Waals surface area contributed by atoms with Gasteiger partial charge in [-0.25, -0.2) is 8.42 Å². The van der Waals surface area contributed by atoms with E-state index in [-0.39, 0.29) is 34.8 Å². The average molecular weight is 403 g/mol. The van der Waals surface area contributed by atoms with Crippen LogP contribution in [0.5, 0.6) is 0 Å². The van der Waals surface area contributed by atoms with Crippen molar-refractivity contribution in [1.29, 1.82) is 0 Å². The number of piperidine rings is 1. The molecule has 2 heterocycles. The molecule has 10 heteroatoms. The molecule has 7 nitrogen and oxygen atoms in total. The molecule has 2 aromatic rings. The fourth-order valence-corrected chi connectivity index (χ4v) is 4.94. The standard InChI is InChI=1S/C15H16Cl2N4O3S/c16-11-1-2-12(17)13(9-11)25(23,24)21-7-4-10(5-8-21)15(22)19-14-3-6-18-20-14/h1-3,6,9-10H,4-5,7-8H2,(H2,18,19,20,22). The second-order valence-corrected chi connectivity index (χ2v) is 8.46. The van der Waals surface area contributed by atoms with Crippen LogP contribution in [0.4, 0.5) is 5.82 Å². The van der Waals surface area contributed by atoms with Gasteiger partial charge in [0.2, 0.25) is 15.9 Å². The number of carbonyl (C=O) groups excluding carboxylic acids is 1. The number of H-pyrrole nitrogens is 1. The first-order valence-corrected chi connectivity index (χ1v) is 9.83. The quantitative estimate of drug-likeness (QED) is 0.821. The zero-order valence-corrected chi connectivity index (χ0v) is 15.4. The van der Waals surface area contributed by atoms with Crippen LogP contribution in [0.25, 0.3) is 0 Å². The highest BCUT2D eigenvalue weighted by molar-refractivity contribution is 7.89. The van der Waals surface area contributed by atoms with Gasteiger partial charge in [0, 0.05) is 30.1 Å². The minimum Gasteiger partial charge on any atom is -0.311 e. The molecule has 1 amide bonds. The van der Waals surface area contributed by atoms with Crippen LogP contribution in [0.15, 0.2) is 35.4 Å². The maximum Gasteiger partial charge on any atom is 0.244 e. The number of aromatic nitrogens is 2. The Kier molecular flexibility index (Phi) is 5.33. The second kappa shape index (κ2) is 7.33. The van der Waals surface area contributed by atoms with E-state index in [1.807, 2.05) is 0 Å². The van der Waals surface area contributed by atoms with Gasteiger partial charge in [0.15, 0.2) is 0 Å². The lowest BCUT2D eigenvalue weighted by molar-refractivity contribution is -0.120. The van der Waals surface area contributed by atoms with Crippen molar-refractivity contribution >= 4 is 45.0 Å². The number of carbonyl (C=O) groups is 1. The molecule has 1 aliphatic rings. The molecular formula is C15H16Cl2N4O3S. The van der Waals surface area contributed by atoms with Crippen LogP contribution >= 0.6 is 23.2 Å². The van der Waals surface area contributed by atoms with Crippen LogP contribution < -0.4 is 5.32 Å². The molecule has 25 heavy (non-hydrogen) atoms. The maximum absolute atomic E-state index is 12.8. The molecular weight excluding hydrogens is 387 g/mol. The molecule has 1 aliphatic heterocycles. The first-order chi connectivity index (χ1) is 11.9. The Morgan fingerprint density at radius 2 is 1.96 bits per heavy atom. The Morgan fingerprint density at radius 3 is 2.60 bits per heavy atom. The minimum atomic E-state index is -3.75. The molecule has 2 N–H and O–H groups in total. The Balaban J connectivity index is 1.67. The molecule has 0 radical (unpaired) electrons. The number of hydrogen-bond donors (Lipinski definition) is 2. The number of aromatic amines is 1. The Labute approximate surface area is 155 Å². The predicted octanol–water partition coefficient (Wildman–Crippen LogP) is 2.76. The summed E-state index contributed by atoms with van der Waals surface area (Å²) >= 11 is 11.9. The number of sulfonamides is 1. The molecule has 1 aromatic carbocycles. The first-order valence-electron chi connectivity index (χ1n) is 7.63. The maximum atomic E-state index is 12.8. The summed E-state index contributed by atoms with van der Waals surface area (Å²) in [4.78, 5) is 12.2. The van der Waals surface area contributed by atoms with Crippen molar-refractivity contribution in [3.8, 4) is 0 Å². The highest BCUT2D eigenvalue weighted by Gasteiger charge is 2.33. The van der Waals surface area contributed by atoms with E-state index in [4.69, 9.17) is 23.2 Å². The summed E-state index contributed by atoms with van der Waals surface area (Å²) in [5.41, 5.74) is 0. The van der Waals surface area contributed by atoms with Crippen LogP contribution in [-0.2, 0) is 14.8 Å². The van der Waals surface area contributed by atoms with E-state index in [9.17, 15) is 13.2 Å². The van der Waals surface area contributed by atoms with Gasteiger partial charge in [-0.1, -0.05) is 23.2 Å². The molecule has 0 saturated carbocycles. The molecule has 0 spiro atoms. The lowest BCUT2D eigenvalue weighted by Gasteiger charge is -2.30. The van der Waals surface area contributed by atoms with Crippen molar-refractivity contribution in [3.05, 3.63) is 40.5 Å². The summed E-state index contributed by atoms with van der Waals surface area (Å²) in [7, 11) is -3.75. The molecule has 1 aromatic heterocycles. The van der Waals surface area contributed by atoms with Crippen LogP contribution in [0.1, 0.15) is 12.8 Å². The van der Waals surface area contributed by atoms with E-state index in [1.165, 1.54) is 22.5 Å². The highest BCUT2D eigenvalue weighted by atomic mass is 35.5. The van der Waals surface area contributed by atoms with Gasteiger partial charge in [0.25, 0.3) is 0 Å². The number of nitrogens with zero attached hydrogens (tertiary/aromatic N) is 2. The van der Waals surface area contributed by atoms with Crippen molar-refractivity contribution < 1.29 is 13.2 Å². The van der Waals surface area contributed by atoms with E-state index in [0.29, 0.717) is 23.7 Å². The summed E-state index contributed by atoms with van der Waals surface area (Å²) < 4.78 is 26.9. The molecule has 0 bridgehead atoms. The largest absolute Gasteiger partial charge is 0.311 e. The van der Waals surface area contributed by atoms with Gasteiger partial charge < -0.3 is 5.32 Å². The molecule has 0 aliphatic carbocycles. The number of halogens is 2. The van der Waals surface area contributed by atoms with E-state index >= 15 is 0 Å². The summed E-state index contributed by atoms with van der Waals surface area (Å²) in [6, 6.07) is 5.99. The topological polar surface area (TPSA) is 95.2 Å².